The van der Waals surface area contributed by atoms with E-state index in [0.29, 0.717) is 16.2 Å². The lowest BCUT2D eigenvalue weighted by atomic mass is 9.51. The van der Waals surface area contributed by atoms with Crippen LogP contribution in [0, 0.1) is 22.2 Å². The maximum atomic E-state index is 2.51. The van der Waals surface area contributed by atoms with Gasteiger partial charge in [0.05, 0.1) is 0 Å². The highest BCUT2D eigenvalue weighted by Crippen LogP contribution is 2.55. The molecule has 0 saturated carbocycles. The lowest BCUT2D eigenvalue weighted by Gasteiger charge is -2.54. The van der Waals surface area contributed by atoms with Crippen LogP contribution in [0.2, 0.25) is 0 Å². The molecule has 212 valence electrons. The van der Waals surface area contributed by atoms with Gasteiger partial charge < -0.3 is 0 Å². The van der Waals surface area contributed by atoms with Gasteiger partial charge in [-0.3, -0.25) is 0 Å². The van der Waals surface area contributed by atoms with Crippen molar-refractivity contribution in [1.82, 2.24) is 0 Å². The molecule has 0 aliphatic heterocycles. The first-order valence-electron chi connectivity index (χ1n) is 16.5. The molecule has 1 atom stereocenters. The average molecular weight is 493 g/mol. The highest BCUT2D eigenvalue weighted by molar-refractivity contribution is 4.96. The van der Waals surface area contributed by atoms with Crippen LogP contribution in [0.25, 0.3) is 0 Å². The molecule has 0 aromatic carbocycles. The summed E-state index contributed by atoms with van der Waals surface area (Å²) in [6.07, 6.45) is 32.2. The molecule has 0 heterocycles. The molecule has 0 N–H and O–H groups in total. The third kappa shape index (κ3) is 15.8. The number of hydrogen-bond donors (Lipinski definition) is 0. The molecule has 0 nitrogen and oxygen atoms in total. The van der Waals surface area contributed by atoms with Gasteiger partial charge in [-0.2, -0.15) is 0 Å². The standard InChI is InChI=1S/C35H72/c1-10-11-12-13-14-15-16-17-18-19-20-21-22-23-24-25-26-27-28-29-30-31-32(2)34(6,7)35(8,9)33(3,4)5/h32H,10-31H2,1-9H3. The number of rotatable bonds is 24. The topological polar surface area (TPSA) is 0 Å². The van der Waals surface area contributed by atoms with Crippen LogP contribution < -0.4 is 0 Å². The van der Waals surface area contributed by atoms with Gasteiger partial charge in [0.25, 0.3) is 0 Å². The van der Waals surface area contributed by atoms with Crippen molar-refractivity contribution in [2.45, 2.75) is 204 Å². The maximum absolute atomic E-state index is 2.51. The monoisotopic (exact) mass is 493 g/mol. The van der Waals surface area contributed by atoms with Crippen LogP contribution in [0.4, 0.5) is 0 Å². The Hall–Kier alpha value is 0. The summed E-state index contributed by atoms with van der Waals surface area (Å²) in [6, 6.07) is 0. The molecule has 0 saturated heterocycles. The molecule has 0 aromatic rings. The zero-order valence-corrected chi connectivity index (χ0v) is 26.6. The first-order chi connectivity index (χ1) is 16.5. The summed E-state index contributed by atoms with van der Waals surface area (Å²) in [7, 11) is 0. The van der Waals surface area contributed by atoms with Crippen LogP contribution in [0.3, 0.4) is 0 Å². The number of hydrogen-bond acceptors (Lipinski definition) is 0. The van der Waals surface area contributed by atoms with Crippen molar-refractivity contribution >= 4 is 0 Å². The van der Waals surface area contributed by atoms with Crippen molar-refractivity contribution in [3.8, 4) is 0 Å². The molecular formula is C35H72. The first kappa shape index (κ1) is 35.0. The van der Waals surface area contributed by atoms with Gasteiger partial charge in [0, 0.05) is 0 Å². The van der Waals surface area contributed by atoms with Gasteiger partial charge in [0.15, 0.2) is 0 Å². The molecular weight excluding hydrogens is 420 g/mol. The van der Waals surface area contributed by atoms with E-state index in [2.05, 4.69) is 62.3 Å². The van der Waals surface area contributed by atoms with Crippen LogP contribution in [0.1, 0.15) is 204 Å². The van der Waals surface area contributed by atoms with Gasteiger partial charge in [-0.05, 0) is 22.2 Å². The van der Waals surface area contributed by atoms with Crippen LogP contribution in [-0.4, -0.2) is 0 Å². The smallest absolute Gasteiger partial charge is 0.0252 e. The predicted molar refractivity (Wildman–Crippen MR) is 163 cm³/mol. The fourth-order valence-electron chi connectivity index (χ4n) is 5.83. The fraction of sp³-hybridized carbons (Fsp3) is 1.00. The minimum Gasteiger partial charge on any atom is -0.0654 e. The summed E-state index contributed by atoms with van der Waals surface area (Å²) < 4.78 is 0. The first-order valence-corrected chi connectivity index (χ1v) is 16.5. The molecule has 0 radical (unpaired) electrons. The van der Waals surface area contributed by atoms with E-state index in [1.807, 2.05) is 0 Å². The van der Waals surface area contributed by atoms with Gasteiger partial charge >= 0.3 is 0 Å². The molecule has 0 spiro atoms. The quantitative estimate of drug-likeness (QED) is 0.117. The van der Waals surface area contributed by atoms with Gasteiger partial charge in [-0.1, -0.05) is 204 Å². The highest BCUT2D eigenvalue weighted by Gasteiger charge is 2.47. The summed E-state index contributed by atoms with van der Waals surface area (Å²) in [5.74, 6) is 0.789. The largest absolute Gasteiger partial charge is 0.0654 e. The van der Waals surface area contributed by atoms with Crippen LogP contribution >= 0.6 is 0 Å². The minimum atomic E-state index is 0.340. The van der Waals surface area contributed by atoms with Gasteiger partial charge in [-0.15, -0.1) is 0 Å². The molecule has 0 heteroatoms. The van der Waals surface area contributed by atoms with E-state index in [1.165, 1.54) is 141 Å². The molecule has 0 aliphatic carbocycles. The Bertz CT molecular complexity index is 449. The van der Waals surface area contributed by atoms with Crippen molar-refractivity contribution in [2.24, 2.45) is 22.2 Å². The van der Waals surface area contributed by atoms with Gasteiger partial charge in [0.1, 0.15) is 0 Å². The fourth-order valence-corrected chi connectivity index (χ4v) is 5.83. The van der Waals surface area contributed by atoms with E-state index in [0.717, 1.165) is 5.92 Å². The third-order valence-corrected chi connectivity index (χ3v) is 10.5. The van der Waals surface area contributed by atoms with E-state index < -0.39 is 0 Å². The molecule has 0 aliphatic rings. The highest BCUT2D eigenvalue weighted by atomic mass is 14.5. The van der Waals surface area contributed by atoms with Crippen LogP contribution in [-0.2, 0) is 0 Å². The third-order valence-electron chi connectivity index (χ3n) is 10.5. The number of unbranched alkanes of at least 4 members (excludes halogenated alkanes) is 20. The van der Waals surface area contributed by atoms with Crippen molar-refractivity contribution in [2.75, 3.05) is 0 Å². The summed E-state index contributed by atoms with van der Waals surface area (Å²) >= 11 is 0. The molecule has 0 bridgehead atoms. The second-order valence-corrected chi connectivity index (χ2v) is 14.4. The normalized spacial score (nSPS) is 14.0. The minimum absolute atomic E-state index is 0.340. The van der Waals surface area contributed by atoms with Crippen LogP contribution in [0.5, 0.6) is 0 Å². The van der Waals surface area contributed by atoms with Crippen molar-refractivity contribution in [1.29, 1.82) is 0 Å². The van der Waals surface area contributed by atoms with E-state index in [1.54, 1.807) is 0 Å². The molecule has 0 aromatic heterocycles. The summed E-state index contributed by atoms with van der Waals surface area (Å²) in [5.41, 5.74) is 1.06. The van der Waals surface area contributed by atoms with E-state index in [-0.39, 0.29) is 0 Å². The Labute approximate surface area is 225 Å². The van der Waals surface area contributed by atoms with Crippen molar-refractivity contribution in [3.05, 3.63) is 0 Å². The Balaban J connectivity index is 3.46. The Morgan fingerprint density at radius 2 is 0.657 bits per heavy atom. The molecule has 35 heavy (non-hydrogen) atoms. The maximum Gasteiger partial charge on any atom is -0.0252 e. The second-order valence-electron chi connectivity index (χ2n) is 14.4. The molecule has 1 unspecified atom stereocenters. The van der Waals surface area contributed by atoms with Crippen molar-refractivity contribution in [3.63, 3.8) is 0 Å². The zero-order chi connectivity index (χ0) is 26.6. The van der Waals surface area contributed by atoms with E-state index >= 15 is 0 Å². The average Bonchev–Trinajstić information content (AvgIpc) is 2.79. The van der Waals surface area contributed by atoms with Gasteiger partial charge in [0.2, 0.25) is 0 Å². The Morgan fingerprint density at radius 1 is 0.400 bits per heavy atom. The lowest BCUT2D eigenvalue weighted by Crippen LogP contribution is -2.46. The zero-order valence-electron chi connectivity index (χ0n) is 26.6. The van der Waals surface area contributed by atoms with E-state index in [9.17, 15) is 0 Å². The summed E-state index contributed by atoms with van der Waals surface area (Å²) in [6.45, 7) is 22.1. The second kappa shape index (κ2) is 20.0. The lowest BCUT2D eigenvalue weighted by molar-refractivity contribution is -0.0466. The molecule has 0 fully saturated rings. The van der Waals surface area contributed by atoms with Crippen molar-refractivity contribution < 1.29 is 0 Å². The van der Waals surface area contributed by atoms with Crippen LogP contribution in [0.15, 0.2) is 0 Å². The molecule has 0 amide bonds. The Kier molecular flexibility index (Phi) is 20.0. The summed E-state index contributed by atoms with van der Waals surface area (Å²) in [5, 5.41) is 0. The van der Waals surface area contributed by atoms with Gasteiger partial charge in [-0.25, -0.2) is 0 Å². The molecule has 0 rings (SSSR count). The van der Waals surface area contributed by atoms with E-state index in [4.69, 9.17) is 0 Å². The predicted octanol–water partition coefficient (Wildman–Crippen LogP) is 13.3. The SMILES string of the molecule is CCCCCCCCCCCCCCCCCCCCCCCC(C)C(C)(C)C(C)(C)C(C)(C)C. The summed E-state index contributed by atoms with van der Waals surface area (Å²) in [4.78, 5) is 0. The Morgan fingerprint density at radius 3 is 0.914 bits per heavy atom.